The quantitative estimate of drug-likeness (QED) is 0.431. The molecule has 31 heavy (non-hydrogen) atoms. The Morgan fingerprint density at radius 2 is 2.00 bits per heavy atom. The number of nitrogens with one attached hydrogen (secondary N) is 1. The van der Waals surface area contributed by atoms with Crippen molar-refractivity contribution in [3.63, 3.8) is 0 Å². The van der Waals surface area contributed by atoms with E-state index in [0.29, 0.717) is 49.4 Å². The molecule has 2 amide bonds. The van der Waals surface area contributed by atoms with Gasteiger partial charge in [-0.2, -0.15) is 0 Å². The highest BCUT2D eigenvalue weighted by Crippen LogP contribution is 2.36. The molecule has 10 heteroatoms. The molecular weight excluding hydrogens is 479 g/mol. The summed E-state index contributed by atoms with van der Waals surface area (Å²) in [5, 5.41) is 3.60. The van der Waals surface area contributed by atoms with E-state index in [9.17, 15) is 9.59 Å². The maximum atomic E-state index is 12.8. The molecule has 2 heterocycles. The van der Waals surface area contributed by atoms with Gasteiger partial charge in [0, 0.05) is 18.0 Å². The number of carbonyl (C=O) groups is 2. The Morgan fingerprint density at radius 1 is 1.19 bits per heavy atom. The SMILES string of the molecule is O=C(CCCN1C(=O)/C(=C/c2ccc3c(c2)OCO3)SC1=S)Nc1ccc(Cl)cc1Cl. The van der Waals surface area contributed by atoms with Crippen LogP contribution in [0.5, 0.6) is 11.5 Å². The van der Waals surface area contributed by atoms with Crippen LogP contribution in [-0.4, -0.2) is 34.4 Å². The number of hydrogen-bond donors (Lipinski definition) is 1. The van der Waals surface area contributed by atoms with Crippen molar-refractivity contribution in [2.45, 2.75) is 12.8 Å². The minimum atomic E-state index is -0.203. The van der Waals surface area contributed by atoms with Crippen LogP contribution in [-0.2, 0) is 9.59 Å². The van der Waals surface area contributed by atoms with Crippen LogP contribution in [0.4, 0.5) is 5.69 Å². The largest absolute Gasteiger partial charge is 0.454 e. The molecule has 6 nitrogen and oxygen atoms in total. The Morgan fingerprint density at radius 3 is 2.81 bits per heavy atom. The number of amides is 2. The van der Waals surface area contributed by atoms with Gasteiger partial charge in [-0.15, -0.1) is 0 Å². The summed E-state index contributed by atoms with van der Waals surface area (Å²) in [6.07, 6.45) is 2.45. The average Bonchev–Trinajstić information content (AvgIpc) is 3.29. The second-order valence-corrected chi connectivity index (χ2v) is 9.24. The van der Waals surface area contributed by atoms with Crippen molar-refractivity contribution in [3.8, 4) is 11.5 Å². The Bertz CT molecular complexity index is 1110. The zero-order chi connectivity index (χ0) is 22.0. The lowest BCUT2D eigenvalue weighted by Crippen LogP contribution is -2.29. The molecule has 4 rings (SSSR count). The van der Waals surface area contributed by atoms with Gasteiger partial charge < -0.3 is 14.8 Å². The van der Waals surface area contributed by atoms with Gasteiger partial charge in [-0.25, -0.2) is 0 Å². The molecule has 0 aromatic heterocycles. The van der Waals surface area contributed by atoms with Crippen LogP contribution in [0, 0.1) is 0 Å². The normalized spacial score (nSPS) is 16.3. The van der Waals surface area contributed by atoms with Crippen LogP contribution in [0.3, 0.4) is 0 Å². The van der Waals surface area contributed by atoms with Gasteiger partial charge in [-0.1, -0.05) is 53.2 Å². The Hall–Kier alpha value is -2.26. The van der Waals surface area contributed by atoms with E-state index in [1.807, 2.05) is 12.1 Å². The Balaban J connectivity index is 1.32. The van der Waals surface area contributed by atoms with Crippen molar-refractivity contribution in [3.05, 3.63) is 56.9 Å². The number of fused-ring (bicyclic) bond motifs is 1. The first-order valence-corrected chi connectivity index (χ1v) is 11.3. The van der Waals surface area contributed by atoms with Crippen molar-refractivity contribution < 1.29 is 19.1 Å². The van der Waals surface area contributed by atoms with Gasteiger partial charge in [0.2, 0.25) is 12.7 Å². The highest BCUT2D eigenvalue weighted by atomic mass is 35.5. The second-order valence-electron chi connectivity index (χ2n) is 6.72. The molecule has 0 atom stereocenters. The number of halogens is 2. The van der Waals surface area contributed by atoms with Crippen molar-refractivity contribution in [2.24, 2.45) is 0 Å². The molecule has 2 aliphatic rings. The van der Waals surface area contributed by atoms with Crippen molar-refractivity contribution in [1.29, 1.82) is 0 Å². The molecule has 0 aliphatic carbocycles. The monoisotopic (exact) mass is 494 g/mol. The lowest BCUT2D eigenvalue weighted by molar-refractivity contribution is -0.122. The predicted molar refractivity (Wildman–Crippen MR) is 127 cm³/mol. The predicted octanol–water partition coefficient (Wildman–Crippen LogP) is 5.34. The molecule has 0 unspecified atom stereocenters. The molecule has 1 fully saturated rings. The summed E-state index contributed by atoms with van der Waals surface area (Å²) in [6.45, 7) is 0.545. The molecule has 0 saturated carbocycles. The zero-order valence-corrected chi connectivity index (χ0v) is 19.2. The molecule has 2 aromatic carbocycles. The number of nitrogens with zero attached hydrogens (tertiary/aromatic N) is 1. The molecule has 0 radical (unpaired) electrons. The van der Waals surface area contributed by atoms with Gasteiger partial charge in [-0.3, -0.25) is 14.5 Å². The van der Waals surface area contributed by atoms with Gasteiger partial charge in [-0.05, 0) is 48.4 Å². The standard InChI is InChI=1S/C21H16Cl2N2O4S2/c22-13-4-5-15(14(23)10-13)24-19(26)2-1-7-25-20(27)18(31-21(25)30)9-12-3-6-16-17(8-12)29-11-28-16/h3-6,8-10H,1-2,7,11H2,(H,24,26)/b18-9-. The third-order valence-corrected chi connectivity index (χ3v) is 6.48. The van der Waals surface area contributed by atoms with Crippen molar-refractivity contribution >= 4 is 75.1 Å². The third kappa shape index (κ3) is 5.15. The summed E-state index contributed by atoms with van der Waals surface area (Å²) in [5.74, 6) is 0.957. The summed E-state index contributed by atoms with van der Waals surface area (Å²) in [5.41, 5.74) is 1.32. The number of rotatable bonds is 6. The van der Waals surface area contributed by atoms with Crippen LogP contribution in [0.25, 0.3) is 6.08 Å². The number of anilines is 1. The molecule has 1 saturated heterocycles. The van der Waals surface area contributed by atoms with E-state index in [4.69, 9.17) is 44.9 Å². The van der Waals surface area contributed by atoms with Crippen LogP contribution >= 0.6 is 47.2 Å². The smallest absolute Gasteiger partial charge is 0.266 e. The van der Waals surface area contributed by atoms with Gasteiger partial charge in [0.15, 0.2) is 11.5 Å². The van der Waals surface area contributed by atoms with Gasteiger partial charge >= 0.3 is 0 Å². The fourth-order valence-corrected chi connectivity index (χ4v) is 4.81. The third-order valence-electron chi connectivity index (χ3n) is 4.56. The number of carbonyl (C=O) groups excluding carboxylic acids is 2. The summed E-state index contributed by atoms with van der Waals surface area (Å²) < 4.78 is 11.1. The van der Waals surface area contributed by atoms with Crippen LogP contribution in [0.2, 0.25) is 10.0 Å². The minimum Gasteiger partial charge on any atom is -0.454 e. The molecule has 160 valence electrons. The molecule has 0 spiro atoms. The number of thiocarbonyl (C=S) groups is 1. The summed E-state index contributed by atoms with van der Waals surface area (Å²) in [4.78, 5) is 27.0. The van der Waals surface area contributed by atoms with Crippen LogP contribution in [0.1, 0.15) is 18.4 Å². The van der Waals surface area contributed by atoms with E-state index in [1.165, 1.54) is 16.7 Å². The number of ether oxygens (including phenoxy) is 2. The van der Waals surface area contributed by atoms with E-state index in [1.54, 1.807) is 30.3 Å². The van der Waals surface area contributed by atoms with Gasteiger partial charge in [0.1, 0.15) is 4.32 Å². The summed E-state index contributed by atoms with van der Waals surface area (Å²) >= 11 is 18.5. The number of thioether (sulfide) groups is 1. The van der Waals surface area contributed by atoms with Crippen LogP contribution in [0.15, 0.2) is 41.3 Å². The zero-order valence-electron chi connectivity index (χ0n) is 16.0. The first-order valence-electron chi connectivity index (χ1n) is 9.30. The van der Waals surface area contributed by atoms with Crippen LogP contribution < -0.4 is 14.8 Å². The highest BCUT2D eigenvalue weighted by Gasteiger charge is 2.31. The first kappa shape index (κ1) is 22.0. The van der Waals surface area contributed by atoms with Gasteiger partial charge in [0.25, 0.3) is 5.91 Å². The van der Waals surface area contributed by atoms with Crippen molar-refractivity contribution in [1.82, 2.24) is 4.90 Å². The maximum absolute atomic E-state index is 12.8. The minimum absolute atomic E-state index is 0.172. The first-order chi connectivity index (χ1) is 14.9. The highest BCUT2D eigenvalue weighted by molar-refractivity contribution is 8.26. The molecule has 2 aliphatic heterocycles. The van der Waals surface area contributed by atoms with E-state index < -0.39 is 0 Å². The topological polar surface area (TPSA) is 67.9 Å². The molecule has 1 N–H and O–H groups in total. The summed E-state index contributed by atoms with van der Waals surface area (Å²) in [6, 6.07) is 10.3. The maximum Gasteiger partial charge on any atom is 0.266 e. The fraction of sp³-hybridized carbons (Fsp3) is 0.190. The lowest BCUT2D eigenvalue weighted by atomic mass is 10.2. The van der Waals surface area contributed by atoms with E-state index in [-0.39, 0.29) is 25.0 Å². The van der Waals surface area contributed by atoms with E-state index in [0.717, 1.165) is 5.56 Å². The second kappa shape index (κ2) is 9.48. The lowest BCUT2D eigenvalue weighted by Gasteiger charge is -2.14. The number of benzene rings is 2. The molecule has 0 bridgehead atoms. The fourth-order valence-electron chi connectivity index (χ4n) is 3.05. The molecular formula is C21H16Cl2N2O4S2. The van der Waals surface area contributed by atoms with E-state index in [2.05, 4.69) is 5.32 Å². The Labute approximate surface area is 198 Å². The Kier molecular flexibility index (Phi) is 6.71. The summed E-state index contributed by atoms with van der Waals surface area (Å²) in [7, 11) is 0. The van der Waals surface area contributed by atoms with Crippen molar-refractivity contribution in [2.75, 3.05) is 18.7 Å². The average molecular weight is 495 g/mol. The van der Waals surface area contributed by atoms with Gasteiger partial charge in [0.05, 0.1) is 15.6 Å². The van der Waals surface area contributed by atoms with E-state index >= 15 is 0 Å². The molecule has 2 aromatic rings. The number of hydrogen-bond acceptors (Lipinski definition) is 6.